The van der Waals surface area contributed by atoms with Crippen LogP contribution >= 0.6 is 0 Å². The van der Waals surface area contributed by atoms with Crippen LogP contribution in [0.25, 0.3) is 10.9 Å². The van der Waals surface area contributed by atoms with E-state index in [1.807, 2.05) is 12.3 Å². The molecule has 0 aliphatic heterocycles. The predicted molar refractivity (Wildman–Crippen MR) is 82.1 cm³/mol. The van der Waals surface area contributed by atoms with Crippen molar-refractivity contribution in [3.63, 3.8) is 0 Å². The molecule has 2 heteroatoms. The van der Waals surface area contributed by atoms with Gasteiger partial charge in [-0.25, -0.2) is 0 Å². The molecule has 0 amide bonds. The summed E-state index contributed by atoms with van der Waals surface area (Å²) in [5.41, 5.74) is 2.72. The highest BCUT2D eigenvalue weighted by Crippen LogP contribution is 2.25. The van der Waals surface area contributed by atoms with Gasteiger partial charge < -0.3 is 5.32 Å². The Labute approximate surface area is 116 Å². The second-order valence-electron chi connectivity index (χ2n) is 6.23. The first-order valence-corrected chi connectivity index (χ1v) is 7.04. The summed E-state index contributed by atoms with van der Waals surface area (Å²) in [6.45, 7) is 11.1. The van der Waals surface area contributed by atoms with Crippen molar-refractivity contribution >= 4 is 10.9 Å². The Kier molecular flexibility index (Phi) is 4.20. The van der Waals surface area contributed by atoms with Crippen LogP contribution in [0.2, 0.25) is 0 Å². The maximum Gasteiger partial charge on any atom is 0.0705 e. The molecule has 0 unspecified atom stereocenters. The average molecular weight is 256 g/mol. The molecule has 0 saturated heterocycles. The highest BCUT2D eigenvalue weighted by molar-refractivity contribution is 5.81. The molecule has 1 aromatic carbocycles. The number of benzene rings is 1. The molecule has 0 bridgehead atoms. The lowest BCUT2D eigenvalue weighted by Crippen LogP contribution is -2.33. The summed E-state index contributed by atoms with van der Waals surface area (Å²) in [6.07, 6.45) is 1.90. The fraction of sp³-hybridized carbons (Fsp3) is 0.471. The Hall–Kier alpha value is -1.41. The molecule has 2 nitrogen and oxygen atoms in total. The van der Waals surface area contributed by atoms with Crippen LogP contribution in [0, 0.1) is 11.3 Å². The van der Waals surface area contributed by atoms with Gasteiger partial charge in [-0.3, -0.25) is 4.98 Å². The molecule has 0 aliphatic carbocycles. The minimum Gasteiger partial charge on any atom is -0.312 e. The lowest BCUT2D eigenvalue weighted by atomic mass is 9.81. The summed E-state index contributed by atoms with van der Waals surface area (Å²) in [6, 6.07) is 10.4. The molecule has 0 aliphatic rings. The summed E-state index contributed by atoms with van der Waals surface area (Å²) < 4.78 is 0. The minimum absolute atomic E-state index is 0.322. The number of fused-ring (bicyclic) bond motifs is 1. The highest BCUT2D eigenvalue weighted by atomic mass is 14.9. The lowest BCUT2D eigenvalue weighted by Gasteiger charge is -2.29. The van der Waals surface area contributed by atoms with Gasteiger partial charge in [-0.15, -0.1) is 0 Å². The third-order valence-corrected chi connectivity index (χ3v) is 4.20. The van der Waals surface area contributed by atoms with Crippen molar-refractivity contribution in [3.8, 4) is 0 Å². The third-order valence-electron chi connectivity index (χ3n) is 4.20. The van der Waals surface area contributed by atoms with Crippen molar-refractivity contribution < 1.29 is 0 Å². The molecule has 2 aromatic rings. The quantitative estimate of drug-likeness (QED) is 0.874. The smallest absolute Gasteiger partial charge is 0.0705 e. The predicted octanol–water partition coefficient (Wildman–Crippen LogP) is 4.01. The average Bonchev–Trinajstić information content (AvgIpc) is 2.38. The van der Waals surface area contributed by atoms with E-state index in [0.717, 1.165) is 18.6 Å². The van der Waals surface area contributed by atoms with Crippen LogP contribution < -0.4 is 5.32 Å². The van der Waals surface area contributed by atoms with Gasteiger partial charge in [0.05, 0.1) is 5.52 Å². The van der Waals surface area contributed by atoms with Crippen LogP contribution in [-0.4, -0.2) is 11.5 Å². The highest BCUT2D eigenvalue weighted by Gasteiger charge is 2.21. The summed E-state index contributed by atoms with van der Waals surface area (Å²) >= 11 is 0. The van der Waals surface area contributed by atoms with Gasteiger partial charge in [0.2, 0.25) is 0 Å². The number of hydrogen-bond acceptors (Lipinski definition) is 2. The van der Waals surface area contributed by atoms with Crippen molar-refractivity contribution in [1.29, 1.82) is 0 Å². The fourth-order valence-electron chi connectivity index (χ4n) is 2.03. The second kappa shape index (κ2) is 5.70. The molecule has 102 valence electrons. The topological polar surface area (TPSA) is 24.9 Å². The van der Waals surface area contributed by atoms with E-state index in [0.29, 0.717) is 11.3 Å². The van der Waals surface area contributed by atoms with E-state index in [1.54, 1.807) is 0 Å². The third kappa shape index (κ3) is 3.32. The fourth-order valence-corrected chi connectivity index (χ4v) is 2.03. The summed E-state index contributed by atoms with van der Waals surface area (Å²) in [5.74, 6) is 0.675. The zero-order valence-electron chi connectivity index (χ0n) is 12.4. The van der Waals surface area contributed by atoms with E-state index in [4.69, 9.17) is 0 Å². The van der Waals surface area contributed by atoms with Crippen LogP contribution in [0.15, 0.2) is 36.5 Å². The van der Waals surface area contributed by atoms with Crippen LogP contribution in [0.5, 0.6) is 0 Å². The van der Waals surface area contributed by atoms with Crippen molar-refractivity contribution in [2.24, 2.45) is 11.3 Å². The SMILES string of the molecule is CC(C)C(C)(C)CNCc1ccnc2ccccc12. The monoisotopic (exact) mass is 256 g/mol. The first kappa shape index (κ1) is 14.0. The van der Waals surface area contributed by atoms with Gasteiger partial charge in [-0.1, -0.05) is 45.9 Å². The van der Waals surface area contributed by atoms with Crippen molar-refractivity contribution in [2.45, 2.75) is 34.2 Å². The van der Waals surface area contributed by atoms with Gasteiger partial charge in [0, 0.05) is 24.7 Å². The van der Waals surface area contributed by atoms with Crippen molar-refractivity contribution in [1.82, 2.24) is 10.3 Å². The Morgan fingerprint density at radius 1 is 1.16 bits per heavy atom. The molecule has 1 aromatic heterocycles. The minimum atomic E-state index is 0.322. The Bertz CT molecular complexity index is 538. The first-order chi connectivity index (χ1) is 9.00. The number of nitrogens with zero attached hydrogens (tertiary/aromatic N) is 1. The normalized spacial score (nSPS) is 12.3. The van der Waals surface area contributed by atoms with Gasteiger partial charge in [0.1, 0.15) is 0 Å². The Balaban J connectivity index is 2.07. The number of hydrogen-bond donors (Lipinski definition) is 1. The molecule has 1 heterocycles. The molecular formula is C17H24N2. The van der Waals surface area contributed by atoms with E-state index in [2.05, 4.69) is 62.3 Å². The van der Waals surface area contributed by atoms with Gasteiger partial charge in [-0.2, -0.15) is 0 Å². The van der Waals surface area contributed by atoms with Crippen LogP contribution in [0.4, 0.5) is 0 Å². The lowest BCUT2D eigenvalue weighted by molar-refractivity contribution is 0.238. The Morgan fingerprint density at radius 3 is 2.63 bits per heavy atom. The molecule has 0 spiro atoms. The largest absolute Gasteiger partial charge is 0.312 e. The van der Waals surface area contributed by atoms with Gasteiger partial charge >= 0.3 is 0 Å². The molecule has 0 radical (unpaired) electrons. The molecule has 19 heavy (non-hydrogen) atoms. The van der Waals surface area contributed by atoms with Gasteiger partial charge in [0.15, 0.2) is 0 Å². The second-order valence-corrected chi connectivity index (χ2v) is 6.23. The molecular weight excluding hydrogens is 232 g/mol. The van der Waals surface area contributed by atoms with Crippen molar-refractivity contribution in [2.75, 3.05) is 6.54 Å². The molecule has 1 N–H and O–H groups in total. The first-order valence-electron chi connectivity index (χ1n) is 7.04. The molecule has 2 rings (SSSR count). The number of pyridine rings is 1. The zero-order chi connectivity index (χ0) is 13.9. The number of aromatic nitrogens is 1. The number of nitrogens with one attached hydrogen (secondary N) is 1. The van der Waals surface area contributed by atoms with E-state index in [9.17, 15) is 0 Å². The maximum absolute atomic E-state index is 4.40. The standard InChI is InChI=1S/C17H24N2/c1-13(2)17(3,4)12-18-11-14-9-10-19-16-8-6-5-7-15(14)16/h5-10,13,18H,11-12H2,1-4H3. The van der Waals surface area contributed by atoms with E-state index < -0.39 is 0 Å². The maximum atomic E-state index is 4.40. The summed E-state index contributed by atoms with van der Waals surface area (Å²) in [4.78, 5) is 4.40. The van der Waals surface area contributed by atoms with Gasteiger partial charge in [0.25, 0.3) is 0 Å². The van der Waals surface area contributed by atoms with E-state index in [-0.39, 0.29) is 0 Å². The van der Waals surface area contributed by atoms with Crippen LogP contribution in [-0.2, 0) is 6.54 Å². The van der Waals surface area contributed by atoms with E-state index >= 15 is 0 Å². The Morgan fingerprint density at radius 2 is 1.89 bits per heavy atom. The number of rotatable bonds is 5. The summed E-state index contributed by atoms with van der Waals surface area (Å²) in [7, 11) is 0. The zero-order valence-corrected chi connectivity index (χ0v) is 12.4. The van der Waals surface area contributed by atoms with E-state index in [1.165, 1.54) is 10.9 Å². The molecule has 0 saturated carbocycles. The van der Waals surface area contributed by atoms with Crippen LogP contribution in [0.1, 0.15) is 33.3 Å². The summed E-state index contributed by atoms with van der Waals surface area (Å²) in [5, 5.41) is 4.84. The van der Waals surface area contributed by atoms with Gasteiger partial charge in [-0.05, 0) is 29.0 Å². The van der Waals surface area contributed by atoms with Crippen LogP contribution in [0.3, 0.4) is 0 Å². The molecule has 0 atom stereocenters. The molecule has 0 fully saturated rings. The number of para-hydroxylation sites is 1. The van der Waals surface area contributed by atoms with Crippen molar-refractivity contribution in [3.05, 3.63) is 42.1 Å².